The van der Waals surface area contributed by atoms with Crippen LogP contribution in [0.25, 0.3) is 0 Å². The molecule has 1 aliphatic heterocycles. The van der Waals surface area contributed by atoms with E-state index < -0.39 is 11.4 Å². The molecule has 0 N–H and O–H groups in total. The third kappa shape index (κ3) is 9.39. The van der Waals surface area contributed by atoms with Crippen molar-refractivity contribution in [3.8, 4) is 0 Å². The summed E-state index contributed by atoms with van der Waals surface area (Å²) in [6.07, 6.45) is 23.4. The van der Waals surface area contributed by atoms with E-state index >= 15 is 0 Å². The maximum atomic E-state index is 12.4. The molecule has 158 valence electrons. The minimum Gasteiger partial charge on any atom is -0.592 e. The molecule has 28 heavy (non-hydrogen) atoms. The van der Waals surface area contributed by atoms with Gasteiger partial charge in [-0.1, -0.05) is 92.7 Å². The molecule has 1 aromatic carbocycles. The first-order valence-electron chi connectivity index (χ1n) is 11.4. The Hall–Kier alpha value is -0.420. The summed E-state index contributed by atoms with van der Waals surface area (Å²) < 4.78 is 14.4. The maximum absolute atomic E-state index is 12.4. The highest BCUT2D eigenvalue weighted by molar-refractivity contribution is 8.11. The van der Waals surface area contributed by atoms with Crippen molar-refractivity contribution in [2.45, 2.75) is 107 Å². The Kier molecular flexibility index (Phi) is 13.1. The van der Waals surface area contributed by atoms with Gasteiger partial charge in [-0.2, -0.15) is 0 Å². The lowest BCUT2D eigenvalue weighted by molar-refractivity contribution is 0.521. The highest BCUT2D eigenvalue weighted by Crippen LogP contribution is 2.41. The zero-order chi connectivity index (χ0) is 19.9. The zero-order valence-corrected chi connectivity index (χ0v) is 19.4. The summed E-state index contributed by atoms with van der Waals surface area (Å²) in [5, 5.41) is 0. The lowest BCUT2D eigenvalue weighted by Crippen LogP contribution is -2.20. The third-order valence-electron chi connectivity index (χ3n) is 5.27. The Bertz CT molecular complexity index is 549. The van der Waals surface area contributed by atoms with E-state index in [2.05, 4.69) is 25.1 Å². The van der Waals surface area contributed by atoms with Gasteiger partial charge < -0.3 is 4.55 Å². The van der Waals surface area contributed by atoms with Gasteiger partial charge in [-0.3, -0.25) is 0 Å². The second-order valence-electron chi connectivity index (χ2n) is 7.78. The molecule has 0 aliphatic carbocycles. The Balaban J connectivity index is 1.35. The number of hydrogen-bond acceptors (Lipinski definition) is 3. The summed E-state index contributed by atoms with van der Waals surface area (Å²) in [4.78, 5) is 2.14. The van der Waals surface area contributed by atoms with Crippen LogP contribution in [0, 0.1) is 0 Å². The average molecular weight is 422 g/mol. The van der Waals surface area contributed by atoms with Crippen molar-refractivity contribution in [3.05, 3.63) is 36.4 Å². The summed E-state index contributed by atoms with van der Waals surface area (Å²) in [6.45, 7) is 3.20. The fraction of sp³-hybridized carbons (Fsp3) is 0.667. The van der Waals surface area contributed by atoms with Crippen LogP contribution in [0.1, 0.15) is 96.8 Å². The van der Waals surface area contributed by atoms with E-state index in [4.69, 9.17) is 0 Å². The highest BCUT2D eigenvalue weighted by Gasteiger charge is 2.34. The minimum absolute atomic E-state index is 0.924. The molecule has 0 saturated heterocycles. The lowest BCUT2D eigenvalue weighted by Gasteiger charge is -2.14. The smallest absolute Gasteiger partial charge is 0.190 e. The number of fused-ring (bicyclic) bond motifs is 1. The van der Waals surface area contributed by atoms with Crippen molar-refractivity contribution in [1.82, 2.24) is 3.71 Å². The summed E-state index contributed by atoms with van der Waals surface area (Å²) in [6, 6.07) is 8.06. The van der Waals surface area contributed by atoms with Crippen molar-refractivity contribution in [1.29, 1.82) is 0 Å². The van der Waals surface area contributed by atoms with Crippen molar-refractivity contribution in [3.63, 3.8) is 0 Å². The number of rotatable bonds is 16. The summed E-state index contributed by atoms with van der Waals surface area (Å²) in [5.74, 6) is 0. The first-order chi connectivity index (χ1) is 13.8. The average Bonchev–Trinajstić information content (AvgIpc) is 3.03. The number of allylic oxidation sites excluding steroid dienone is 2. The standard InChI is InChI=1S/C24H39NOS2/c1-2-3-4-5-6-7-8-9-10-11-12-13-14-15-16-19-22-25-27-23-20-17-18-21-24(23)28(25)26/h9-10,17-18,20-21H,2-8,11-16,19,22H2,1H3/b10-9-. The summed E-state index contributed by atoms with van der Waals surface area (Å²) in [5.41, 5.74) is 0. The topological polar surface area (TPSA) is 26.3 Å². The second kappa shape index (κ2) is 15.4. The molecule has 1 unspecified atom stereocenters. The van der Waals surface area contributed by atoms with Crippen molar-refractivity contribution >= 4 is 23.3 Å². The van der Waals surface area contributed by atoms with E-state index in [0.717, 1.165) is 22.8 Å². The fourth-order valence-electron chi connectivity index (χ4n) is 3.54. The molecule has 0 fully saturated rings. The van der Waals surface area contributed by atoms with E-state index in [-0.39, 0.29) is 0 Å². The molecule has 0 saturated carbocycles. The van der Waals surface area contributed by atoms with Crippen LogP contribution >= 0.6 is 11.9 Å². The maximum Gasteiger partial charge on any atom is 0.190 e. The first-order valence-corrected chi connectivity index (χ1v) is 13.3. The minimum atomic E-state index is -0.965. The molecule has 1 heterocycles. The molecule has 0 bridgehead atoms. The first kappa shape index (κ1) is 23.9. The van der Waals surface area contributed by atoms with Gasteiger partial charge in [0.25, 0.3) is 0 Å². The predicted molar refractivity (Wildman–Crippen MR) is 125 cm³/mol. The third-order valence-corrected chi connectivity index (χ3v) is 8.26. The largest absolute Gasteiger partial charge is 0.592 e. The number of nitrogens with zero attached hydrogens (tertiary/aromatic N) is 1. The normalized spacial score (nSPS) is 16.9. The van der Waals surface area contributed by atoms with Crippen LogP contribution in [0.4, 0.5) is 0 Å². The number of hydrogen-bond donors (Lipinski definition) is 0. The van der Waals surface area contributed by atoms with Crippen LogP contribution in [0.3, 0.4) is 0 Å². The lowest BCUT2D eigenvalue weighted by atomic mass is 10.1. The van der Waals surface area contributed by atoms with Gasteiger partial charge in [0.05, 0.1) is 22.8 Å². The quantitative estimate of drug-likeness (QED) is 0.117. The van der Waals surface area contributed by atoms with E-state index in [1.54, 1.807) is 11.9 Å². The molecule has 1 atom stereocenters. The molecule has 2 nitrogen and oxygen atoms in total. The van der Waals surface area contributed by atoms with Gasteiger partial charge in [-0.25, -0.2) is 0 Å². The second-order valence-corrected chi connectivity index (χ2v) is 10.5. The molecule has 4 heteroatoms. The Morgan fingerprint density at radius 1 is 0.821 bits per heavy atom. The Morgan fingerprint density at radius 3 is 2.04 bits per heavy atom. The monoisotopic (exact) mass is 421 g/mol. The summed E-state index contributed by atoms with van der Waals surface area (Å²) >= 11 is 0.693. The van der Waals surface area contributed by atoms with Gasteiger partial charge in [-0.15, -0.1) is 0 Å². The molecule has 0 spiro atoms. The Labute approximate surface area is 181 Å². The fourth-order valence-corrected chi connectivity index (χ4v) is 6.30. The van der Waals surface area contributed by atoms with Crippen molar-refractivity contribution < 1.29 is 4.55 Å². The van der Waals surface area contributed by atoms with Gasteiger partial charge in [0.2, 0.25) is 0 Å². The summed E-state index contributed by atoms with van der Waals surface area (Å²) in [7, 11) is 0. The molecule has 0 aromatic heterocycles. The van der Waals surface area contributed by atoms with Gasteiger partial charge in [-0.05, 0) is 44.2 Å². The molecular formula is C24H39NOS2. The van der Waals surface area contributed by atoms with Crippen LogP contribution in [0.2, 0.25) is 0 Å². The van der Waals surface area contributed by atoms with Gasteiger partial charge in [0, 0.05) is 11.9 Å². The number of benzene rings is 1. The molecule has 0 radical (unpaired) electrons. The SMILES string of the molecule is CCCCCCCC/C=C\CCCCCCCCN1Sc2ccccc2[S+]1[O-]. The Morgan fingerprint density at radius 2 is 1.39 bits per heavy atom. The van der Waals surface area contributed by atoms with Crippen LogP contribution < -0.4 is 0 Å². The van der Waals surface area contributed by atoms with Gasteiger partial charge in [0.15, 0.2) is 4.90 Å². The van der Waals surface area contributed by atoms with E-state index in [1.165, 1.54) is 83.5 Å². The molecule has 1 aromatic rings. The van der Waals surface area contributed by atoms with Gasteiger partial charge >= 0.3 is 0 Å². The van der Waals surface area contributed by atoms with Crippen LogP contribution in [-0.4, -0.2) is 14.8 Å². The highest BCUT2D eigenvalue weighted by atomic mass is 32.3. The zero-order valence-electron chi connectivity index (χ0n) is 17.7. The van der Waals surface area contributed by atoms with Crippen molar-refractivity contribution in [2.24, 2.45) is 0 Å². The number of unbranched alkanes of at least 4 members (excludes halogenated alkanes) is 12. The van der Waals surface area contributed by atoms with Crippen LogP contribution in [-0.2, 0) is 11.4 Å². The van der Waals surface area contributed by atoms with Crippen LogP contribution in [0.15, 0.2) is 46.2 Å². The van der Waals surface area contributed by atoms with E-state index in [1.807, 2.05) is 21.9 Å². The van der Waals surface area contributed by atoms with E-state index in [0.29, 0.717) is 0 Å². The van der Waals surface area contributed by atoms with Gasteiger partial charge in [0.1, 0.15) is 0 Å². The molecule has 0 amide bonds. The predicted octanol–water partition coefficient (Wildman–Crippen LogP) is 8.07. The van der Waals surface area contributed by atoms with Crippen molar-refractivity contribution in [2.75, 3.05) is 6.54 Å². The van der Waals surface area contributed by atoms with Crippen LogP contribution in [0.5, 0.6) is 0 Å². The van der Waals surface area contributed by atoms with E-state index in [9.17, 15) is 4.55 Å². The molecule has 2 rings (SSSR count). The molecule has 1 aliphatic rings. The molecular weight excluding hydrogens is 382 g/mol.